The maximum Gasteiger partial charge on any atom is 0.408 e. The zero-order valence-corrected chi connectivity index (χ0v) is 13.5. The number of rotatable bonds is 5. The van der Waals surface area contributed by atoms with Crippen molar-refractivity contribution in [2.24, 2.45) is 11.8 Å². The topological polar surface area (TPSA) is 75.6 Å². The van der Waals surface area contributed by atoms with Gasteiger partial charge in [0, 0.05) is 0 Å². The number of carboxylic acids is 1. The lowest BCUT2D eigenvalue weighted by Crippen LogP contribution is -2.48. The van der Waals surface area contributed by atoms with E-state index in [9.17, 15) is 27.9 Å². The van der Waals surface area contributed by atoms with Crippen molar-refractivity contribution >= 4 is 12.1 Å². The highest BCUT2D eigenvalue weighted by Crippen LogP contribution is 2.41. The Morgan fingerprint density at radius 3 is 2.52 bits per heavy atom. The number of nitrogens with one attached hydrogen (secondary N) is 1. The third-order valence-electron chi connectivity index (χ3n) is 4.40. The largest absolute Gasteiger partial charge is 0.480 e. The zero-order chi connectivity index (χ0) is 18.4. The van der Waals surface area contributed by atoms with Gasteiger partial charge in [-0.15, -0.1) is 0 Å². The molecule has 3 atom stereocenters. The number of halogens is 3. The third-order valence-corrected chi connectivity index (χ3v) is 4.40. The van der Waals surface area contributed by atoms with Gasteiger partial charge in [0.1, 0.15) is 12.6 Å². The number of hydrogen-bond acceptors (Lipinski definition) is 3. The van der Waals surface area contributed by atoms with Crippen molar-refractivity contribution in [1.82, 2.24) is 5.32 Å². The summed E-state index contributed by atoms with van der Waals surface area (Å²) in [4.78, 5) is 23.2. The molecule has 3 unspecified atom stereocenters. The predicted molar refractivity (Wildman–Crippen MR) is 82.7 cm³/mol. The predicted octanol–water partition coefficient (Wildman–Crippen LogP) is 3.73. The van der Waals surface area contributed by atoms with Gasteiger partial charge in [-0.2, -0.15) is 13.2 Å². The van der Waals surface area contributed by atoms with E-state index in [-0.39, 0.29) is 25.9 Å². The number of carboxylic acid groups (broad SMARTS) is 1. The van der Waals surface area contributed by atoms with Crippen LogP contribution in [-0.2, 0) is 16.1 Å². The van der Waals surface area contributed by atoms with Crippen LogP contribution in [0.2, 0.25) is 0 Å². The van der Waals surface area contributed by atoms with E-state index in [0.29, 0.717) is 6.42 Å². The van der Waals surface area contributed by atoms with Crippen LogP contribution in [0.25, 0.3) is 0 Å². The molecule has 0 spiro atoms. The fourth-order valence-corrected chi connectivity index (χ4v) is 3.10. The van der Waals surface area contributed by atoms with Crippen LogP contribution >= 0.6 is 0 Å². The van der Waals surface area contributed by atoms with Gasteiger partial charge in [-0.25, -0.2) is 9.59 Å². The molecule has 5 nitrogen and oxygen atoms in total. The summed E-state index contributed by atoms with van der Waals surface area (Å²) in [5.74, 6) is -3.66. The smallest absolute Gasteiger partial charge is 0.408 e. The number of carbonyl (C=O) groups excluding carboxylic acids is 1. The molecule has 0 radical (unpaired) electrons. The van der Waals surface area contributed by atoms with Crippen LogP contribution in [0.3, 0.4) is 0 Å². The second-order valence-electron chi connectivity index (χ2n) is 6.19. The molecule has 1 fully saturated rings. The summed E-state index contributed by atoms with van der Waals surface area (Å²) in [6.45, 7) is -0.0468. The zero-order valence-electron chi connectivity index (χ0n) is 13.5. The van der Waals surface area contributed by atoms with E-state index < -0.39 is 36.1 Å². The van der Waals surface area contributed by atoms with Crippen LogP contribution in [-0.4, -0.2) is 29.4 Å². The third kappa shape index (κ3) is 5.65. The van der Waals surface area contributed by atoms with E-state index in [4.69, 9.17) is 4.74 Å². The number of amides is 1. The molecule has 8 heteroatoms. The van der Waals surface area contributed by atoms with Gasteiger partial charge in [0.2, 0.25) is 0 Å². The van der Waals surface area contributed by atoms with Crippen molar-refractivity contribution in [2.75, 3.05) is 0 Å². The van der Waals surface area contributed by atoms with Gasteiger partial charge < -0.3 is 15.2 Å². The number of hydrogen-bond donors (Lipinski definition) is 2. The lowest BCUT2D eigenvalue weighted by molar-refractivity contribution is -0.187. The minimum atomic E-state index is -4.35. The average Bonchev–Trinajstić information content (AvgIpc) is 2.58. The molecule has 1 aromatic carbocycles. The van der Waals surface area contributed by atoms with Crippen LogP contribution < -0.4 is 5.32 Å². The highest BCUT2D eigenvalue weighted by molar-refractivity contribution is 5.80. The standard InChI is InChI=1S/C17H20F3NO4/c18-17(19,20)13-8-4-7-12(9-13)14(15(22)23)21-16(24)25-10-11-5-2-1-3-6-11/h1-3,5-6,12-14H,4,7-10H2,(H,21,24)(H,22,23). The fourth-order valence-electron chi connectivity index (χ4n) is 3.10. The molecule has 0 aliphatic heterocycles. The van der Waals surface area contributed by atoms with E-state index >= 15 is 0 Å². The molecule has 2 rings (SSSR count). The minimum Gasteiger partial charge on any atom is -0.480 e. The molecule has 25 heavy (non-hydrogen) atoms. The quantitative estimate of drug-likeness (QED) is 0.840. The maximum atomic E-state index is 12.9. The van der Waals surface area contributed by atoms with Crippen molar-refractivity contribution in [3.05, 3.63) is 35.9 Å². The van der Waals surface area contributed by atoms with Crippen LogP contribution in [0, 0.1) is 11.8 Å². The van der Waals surface area contributed by atoms with Crippen LogP contribution in [0.1, 0.15) is 31.2 Å². The van der Waals surface area contributed by atoms with Crippen molar-refractivity contribution in [2.45, 2.75) is 44.5 Å². The summed E-state index contributed by atoms with van der Waals surface area (Å²) in [6, 6.07) is 7.39. The molecular weight excluding hydrogens is 339 g/mol. The van der Waals surface area contributed by atoms with Gasteiger partial charge in [0.05, 0.1) is 5.92 Å². The lowest BCUT2D eigenvalue weighted by Gasteiger charge is -2.33. The molecule has 0 heterocycles. The minimum absolute atomic E-state index is 0.00913. The first-order valence-electron chi connectivity index (χ1n) is 8.04. The normalized spacial score (nSPS) is 22.0. The van der Waals surface area contributed by atoms with Crippen LogP contribution in [0.4, 0.5) is 18.0 Å². The summed E-state index contributed by atoms with van der Waals surface area (Å²) >= 11 is 0. The number of benzene rings is 1. The fraction of sp³-hybridized carbons (Fsp3) is 0.529. The average molecular weight is 359 g/mol. The van der Waals surface area contributed by atoms with E-state index in [1.54, 1.807) is 30.3 Å². The Hall–Kier alpha value is -2.25. The number of aliphatic carboxylic acids is 1. The lowest BCUT2D eigenvalue weighted by atomic mass is 9.77. The van der Waals surface area contributed by atoms with E-state index in [0.717, 1.165) is 5.56 Å². The Morgan fingerprint density at radius 2 is 1.92 bits per heavy atom. The molecule has 138 valence electrons. The van der Waals surface area contributed by atoms with Crippen molar-refractivity contribution in [3.63, 3.8) is 0 Å². The first-order chi connectivity index (χ1) is 11.8. The Balaban J connectivity index is 1.93. The maximum absolute atomic E-state index is 12.9. The number of alkyl carbamates (subject to hydrolysis) is 1. The van der Waals surface area contributed by atoms with Crippen molar-refractivity contribution in [3.8, 4) is 0 Å². The van der Waals surface area contributed by atoms with Gasteiger partial charge in [-0.3, -0.25) is 0 Å². The Kier molecular flexibility index (Phi) is 6.27. The summed E-state index contributed by atoms with van der Waals surface area (Å²) in [5.41, 5.74) is 0.722. The summed E-state index contributed by atoms with van der Waals surface area (Å²) in [6.07, 6.45) is -5.02. The Morgan fingerprint density at radius 1 is 1.24 bits per heavy atom. The molecular formula is C17H20F3NO4. The first-order valence-corrected chi connectivity index (χ1v) is 8.04. The molecule has 1 aromatic rings. The molecule has 1 amide bonds. The number of carbonyl (C=O) groups is 2. The molecule has 2 N–H and O–H groups in total. The SMILES string of the molecule is O=C(NC(C(=O)O)C1CCCC(C(F)(F)F)C1)OCc1ccccc1. The van der Waals surface area contributed by atoms with Crippen LogP contribution in [0.5, 0.6) is 0 Å². The van der Waals surface area contributed by atoms with Crippen molar-refractivity contribution < 1.29 is 32.6 Å². The molecule has 1 saturated carbocycles. The highest BCUT2D eigenvalue weighted by atomic mass is 19.4. The number of alkyl halides is 3. The second kappa shape index (κ2) is 8.22. The highest BCUT2D eigenvalue weighted by Gasteiger charge is 2.45. The van der Waals surface area contributed by atoms with E-state index in [1.165, 1.54) is 0 Å². The molecule has 1 aliphatic rings. The Labute approximate surface area is 143 Å². The van der Waals surface area contributed by atoms with Gasteiger partial charge in [0.15, 0.2) is 0 Å². The summed E-state index contributed by atoms with van der Waals surface area (Å²) in [7, 11) is 0. The summed E-state index contributed by atoms with van der Waals surface area (Å²) in [5, 5.41) is 11.5. The first kappa shape index (κ1) is 19.1. The monoisotopic (exact) mass is 359 g/mol. The second-order valence-corrected chi connectivity index (χ2v) is 6.19. The van der Waals surface area contributed by atoms with Gasteiger partial charge in [-0.05, 0) is 30.7 Å². The molecule has 0 saturated heterocycles. The summed E-state index contributed by atoms with van der Waals surface area (Å²) < 4.78 is 43.6. The number of ether oxygens (including phenoxy) is 1. The van der Waals surface area contributed by atoms with E-state index in [1.807, 2.05) is 0 Å². The van der Waals surface area contributed by atoms with E-state index in [2.05, 4.69) is 5.32 Å². The van der Waals surface area contributed by atoms with Crippen molar-refractivity contribution in [1.29, 1.82) is 0 Å². The molecule has 1 aliphatic carbocycles. The van der Waals surface area contributed by atoms with Gasteiger partial charge in [-0.1, -0.05) is 36.8 Å². The van der Waals surface area contributed by atoms with Gasteiger partial charge >= 0.3 is 18.2 Å². The molecule has 0 bridgehead atoms. The Bertz CT molecular complexity index is 591. The molecule has 0 aromatic heterocycles. The van der Waals surface area contributed by atoms with Crippen LogP contribution in [0.15, 0.2) is 30.3 Å². The van der Waals surface area contributed by atoms with Gasteiger partial charge in [0.25, 0.3) is 0 Å².